The van der Waals surface area contributed by atoms with Crippen molar-refractivity contribution in [1.29, 1.82) is 0 Å². The lowest BCUT2D eigenvalue weighted by atomic mass is 10.1. The Bertz CT molecular complexity index is 855. The minimum atomic E-state index is -0.427. The summed E-state index contributed by atoms with van der Waals surface area (Å²) in [6.45, 7) is 1.68. The molecule has 0 bridgehead atoms. The molecule has 2 aromatic carbocycles. The van der Waals surface area contributed by atoms with E-state index in [1.807, 2.05) is 0 Å². The number of hydrazone groups is 1. The lowest BCUT2D eigenvalue weighted by Gasteiger charge is -2.11. The van der Waals surface area contributed by atoms with Crippen LogP contribution in [0.1, 0.15) is 11.1 Å². The Morgan fingerprint density at radius 2 is 1.92 bits per heavy atom. The zero-order valence-corrected chi connectivity index (χ0v) is 15.3. The molecule has 0 aliphatic carbocycles. The molecular weight excluding hydrogens is 356 g/mol. The van der Waals surface area contributed by atoms with Gasteiger partial charge in [0.2, 0.25) is 0 Å². The van der Waals surface area contributed by atoms with Crippen molar-refractivity contribution in [2.45, 2.75) is 6.92 Å². The maximum Gasteiger partial charge on any atom is 0.272 e. The van der Waals surface area contributed by atoms with Crippen molar-refractivity contribution in [3.8, 4) is 11.5 Å². The molecule has 0 unspecified atom stereocenters. The van der Waals surface area contributed by atoms with Crippen molar-refractivity contribution in [3.63, 3.8) is 0 Å². The number of anilines is 1. The second kappa shape index (κ2) is 8.77. The van der Waals surface area contributed by atoms with Gasteiger partial charge >= 0.3 is 0 Å². The lowest BCUT2D eigenvalue weighted by molar-refractivity contribution is -0.385. The molecule has 0 amide bonds. The van der Waals surface area contributed by atoms with E-state index in [-0.39, 0.29) is 10.8 Å². The third-order valence-electron chi connectivity index (χ3n) is 3.45. The van der Waals surface area contributed by atoms with Gasteiger partial charge < -0.3 is 14.8 Å². The topological polar surface area (TPSA) is 98.0 Å². The third kappa shape index (κ3) is 4.90. The first kappa shape index (κ1) is 19.1. The molecule has 0 aliphatic rings. The van der Waals surface area contributed by atoms with Gasteiger partial charge in [-0.1, -0.05) is 12.1 Å². The molecule has 0 aromatic heterocycles. The van der Waals surface area contributed by atoms with Crippen LogP contribution < -0.4 is 20.2 Å². The van der Waals surface area contributed by atoms with E-state index in [1.165, 1.54) is 12.3 Å². The molecule has 0 radical (unpaired) electrons. The Morgan fingerprint density at radius 1 is 1.19 bits per heavy atom. The van der Waals surface area contributed by atoms with E-state index in [9.17, 15) is 10.1 Å². The van der Waals surface area contributed by atoms with Crippen LogP contribution in [0, 0.1) is 17.0 Å². The minimum Gasteiger partial charge on any atom is -0.493 e. The number of methoxy groups -OCH3 is 2. The molecule has 0 fully saturated rings. The van der Waals surface area contributed by atoms with E-state index in [0.29, 0.717) is 28.3 Å². The maximum absolute atomic E-state index is 11.0. The van der Waals surface area contributed by atoms with Gasteiger partial charge in [0.15, 0.2) is 16.6 Å². The normalized spacial score (nSPS) is 10.4. The highest BCUT2D eigenvalue weighted by atomic mass is 32.1. The van der Waals surface area contributed by atoms with Crippen LogP contribution in [0.5, 0.6) is 11.5 Å². The summed E-state index contributed by atoms with van der Waals surface area (Å²) >= 11 is 5.16. The number of aryl methyl sites for hydroxylation is 1. The van der Waals surface area contributed by atoms with E-state index < -0.39 is 4.92 Å². The predicted octanol–water partition coefficient (Wildman–Crippen LogP) is 3.24. The SMILES string of the molecule is COc1ccc(NC(=S)N/N=C\c2ccc(C)c([N+](=O)[O-])c2)cc1OC. The predicted molar refractivity (Wildman–Crippen MR) is 104 cm³/mol. The molecular formula is C17H18N4O4S. The fraction of sp³-hybridized carbons (Fsp3) is 0.176. The van der Waals surface area contributed by atoms with E-state index in [1.54, 1.807) is 51.5 Å². The van der Waals surface area contributed by atoms with Crippen LogP contribution in [0.4, 0.5) is 11.4 Å². The van der Waals surface area contributed by atoms with E-state index in [2.05, 4.69) is 15.8 Å². The Balaban J connectivity index is 1.99. The van der Waals surface area contributed by atoms with Crippen LogP contribution in [0.25, 0.3) is 0 Å². The average Bonchev–Trinajstić information content (AvgIpc) is 2.62. The highest BCUT2D eigenvalue weighted by molar-refractivity contribution is 7.80. The summed E-state index contributed by atoms with van der Waals surface area (Å²) in [5.41, 5.74) is 4.57. The van der Waals surface area contributed by atoms with Gasteiger partial charge in [-0.25, -0.2) is 0 Å². The number of nitro groups is 1. The number of nitrogens with one attached hydrogen (secondary N) is 2. The number of ether oxygens (including phenoxy) is 2. The Hall–Kier alpha value is -3.20. The zero-order chi connectivity index (χ0) is 19.1. The first-order valence-corrected chi connectivity index (χ1v) is 7.92. The number of thiocarbonyl (C=S) groups is 1. The summed E-state index contributed by atoms with van der Waals surface area (Å²) < 4.78 is 10.4. The van der Waals surface area contributed by atoms with Gasteiger partial charge in [0.1, 0.15) is 0 Å². The second-order valence-electron chi connectivity index (χ2n) is 5.20. The number of rotatable bonds is 6. The number of hydrogen-bond donors (Lipinski definition) is 2. The van der Waals surface area contributed by atoms with Crippen LogP contribution in [0.2, 0.25) is 0 Å². The molecule has 2 N–H and O–H groups in total. The zero-order valence-electron chi connectivity index (χ0n) is 14.5. The molecule has 0 saturated carbocycles. The minimum absolute atomic E-state index is 0.0416. The van der Waals surface area contributed by atoms with Gasteiger partial charge in [0, 0.05) is 28.9 Å². The molecule has 2 rings (SSSR count). The standard InChI is InChI=1S/C17H18N4O4S/c1-11-4-5-12(8-14(11)21(22)23)10-18-20-17(26)19-13-6-7-15(24-2)16(9-13)25-3/h4-10H,1-3H3,(H2,19,20,26)/b18-10-. The molecule has 26 heavy (non-hydrogen) atoms. The molecule has 0 aliphatic heterocycles. The van der Waals surface area contributed by atoms with Crippen LogP contribution in [0.15, 0.2) is 41.5 Å². The highest BCUT2D eigenvalue weighted by Gasteiger charge is 2.10. The van der Waals surface area contributed by atoms with Gasteiger partial charge in [-0.3, -0.25) is 15.5 Å². The molecule has 0 heterocycles. The van der Waals surface area contributed by atoms with E-state index in [0.717, 1.165) is 0 Å². The smallest absolute Gasteiger partial charge is 0.272 e. The Kier molecular flexibility index (Phi) is 6.45. The van der Waals surface area contributed by atoms with Crippen molar-refractivity contribution in [3.05, 3.63) is 57.6 Å². The van der Waals surface area contributed by atoms with Crippen LogP contribution in [0.3, 0.4) is 0 Å². The average molecular weight is 374 g/mol. The summed E-state index contributed by atoms with van der Waals surface area (Å²) in [6.07, 6.45) is 1.45. The maximum atomic E-state index is 11.0. The summed E-state index contributed by atoms with van der Waals surface area (Å²) in [6, 6.07) is 10.1. The van der Waals surface area contributed by atoms with E-state index >= 15 is 0 Å². The summed E-state index contributed by atoms with van der Waals surface area (Å²) in [4.78, 5) is 10.5. The Labute approximate surface area is 156 Å². The summed E-state index contributed by atoms with van der Waals surface area (Å²) in [5.74, 6) is 1.17. The molecule has 0 saturated heterocycles. The quantitative estimate of drug-likeness (QED) is 0.347. The number of nitro benzene ring substituents is 1. The fourth-order valence-electron chi connectivity index (χ4n) is 2.14. The summed E-state index contributed by atoms with van der Waals surface area (Å²) in [7, 11) is 3.10. The third-order valence-corrected chi connectivity index (χ3v) is 3.64. The molecule has 0 spiro atoms. The van der Waals surface area contributed by atoms with Crippen molar-refractivity contribution in [2.24, 2.45) is 5.10 Å². The van der Waals surface area contributed by atoms with Gasteiger partial charge in [0.25, 0.3) is 5.69 Å². The molecule has 0 atom stereocenters. The van der Waals surface area contributed by atoms with Crippen molar-refractivity contribution in [1.82, 2.24) is 5.43 Å². The van der Waals surface area contributed by atoms with Gasteiger partial charge in [-0.05, 0) is 31.3 Å². The first-order valence-electron chi connectivity index (χ1n) is 7.51. The van der Waals surface area contributed by atoms with Gasteiger partial charge in [-0.2, -0.15) is 5.10 Å². The van der Waals surface area contributed by atoms with Gasteiger partial charge in [-0.15, -0.1) is 0 Å². The van der Waals surface area contributed by atoms with Crippen molar-refractivity contribution >= 4 is 34.9 Å². The number of benzene rings is 2. The van der Waals surface area contributed by atoms with Crippen LogP contribution in [-0.4, -0.2) is 30.5 Å². The highest BCUT2D eigenvalue weighted by Crippen LogP contribution is 2.29. The number of hydrogen-bond acceptors (Lipinski definition) is 6. The monoisotopic (exact) mass is 374 g/mol. The number of nitrogens with zero attached hydrogens (tertiary/aromatic N) is 2. The molecule has 9 heteroatoms. The fourth-order valence-corrected chi connectivity index (χ4v) is 2.31. The van der Waals surface area contributed by atoms with Gasteiger partial charge in [0.05, 0.1) is 25.4 Å². The van der Waals surface area contributed by atoms with Crippen LogP contribution in [-0.2, 0) is 0 Å². The van der Waals surface area contributed by atoms with Crippen LogP contribution >= 0.6 is 12.2 Å². The lowest BCUT2D eigenvalue weighted by Crippen LogP contribution is -2.23. The largest absolute Gasteiger partial charge is 0.493 e. The molecule has 8 nitrogen and oxygen atoms in total. The first-order chi connectivity index (χ1) is 12.4. The second-order valence-corrected chi connectivity index (χ2v) is 5.61. The summed E-state index contributed by atoms with van der Waals surface area (Å²) in [5, 5.41) is 18.2. The van der Waals surface area contributed by atoms with Crippen molar-refractivity contribution in [2.75, 3.05) is 19.5 Å². The molecule has 136 valence electrons. The molecule has 2 aromatic rings. The van der Waals surface area contributed by atoms with Crippen molar-refractivity contribution < 1.29 is 14.4 Å². The van der Waals surface area contributed by atoms with E-state index in [4.69, 9.17) is 21.7 Å². The Morgan fingerprint density at radius 3 is 2.58 bits per heavy atom.